The van der Waals surface area contributed by atoms with E-state index < -0.39 is 0 Å². The summed E-state index contributed by atoms with van der Waals surface area (Å²) in [6.45, 7) is 7.54. The minimum absolute atomic E-state index is 0.100. The van der Waals surface area contributed by atoms with Crippen LogP contribution in [0.5, 0.6) is 0 Å². The molecular formula is C18H25N3O2. The van der Waals surface area contributed by atoms with Crippen LogP contribution in [-0.2, 0) is 13.1 Å². The van der Waals surface area contributed by atoms with E-state index in [4.69, 9.17) is 4.52 Å². The number of hydrogen-bond acceptors (Lipinski definition) is 4. The standard InChI is InChI=1S/C18H25N3O2/c1-13(2)14(3)19-18(22)17-10-16(23-20-17)12-21(4)11-15-8-6-5-7-9-15/h5-10,13-14H,11-12H2,1-4H3,(H,19,22). The molecule has 1 N–H and O–H groups in total. The van der Waals surface area contributed by atoms with E-state index in [9.17, 15) is 4.79 Å². The summed E-state index contributed by atoms with van der Waals surface area (Å²) in [7, 11) is 2.01. The first-order valence-corrected chi connectivity index (χ1v) is 7.94. The van der Waals surface area contributed by atoms with Gasteiger partial charge < -0.3 is 9.84 Å². The normalized spacial score (nSPS) is 12.6. The largest absolute Gasteiger partial charge is 0.359 e. The molecule has 2 aromatic rings. The van der Waals surface area contributed by atoms with Gasteiger partial charge in [-0.15, -0.1) is 0 Å². The van der Waals surface area contributed by atoms with Crippen LogP contribution in [-0.4, -0.2) is 29.1 Å². The Balaban J connectivity index is 1.90. The minimum Gasteiger partial charge on any atom is -0.359 e. The highest BCUT2D eigenvalue weighted by atomic mass is 16.5. The Morgan fingerprint density at radius 2 is 1.91 bits per heavy atom. The Hall–Kier alpha value is -2.14. The van der Waals surface area contributed by atoms with Crippen molar-refractivity contribution in [1.82, 2.24) is 15.4 Å². The summed E-state index contributed by atoms with van der Waals surface area (Å²) in [5.41, 5.74) is 1.57. The third kappa shape index (κ3) is 5.21. The highest BCUT2D eigenvalue weighted by molar-refractivity contribution is 5.92. The van der Waals surface area contributed by atoms with Crippen LogP contribution >= 0.6 is 0 Å². The molecule has 5 heteroatoms. The lowest BCUT2D eigenvalue weighted by molar-refractivity contribution is 0.0921. The molecule has 0 bridgehead atoms. The molecule has 0 saturated carbocycles. The van der Waals surface area contributed by atoms with Crippen molar-refractivity contribution in [3.63, 3.8) is 0 Å². The summed E-state index contributed by atoms with van der Waals surface area (Å²) >= 11 is 0. The van der Waals surface area contributed by atoms with Gasteiger partial charge >= 0.3 is 0 Å². The number of carbonyl (C=O) groups excluding carboxylic acids is 1. The molecular weight excluding hydrogens is 290 g/mol. The molecule has 1 amide bonds. The van der Waals surface area contributed by atoms with Gasteiger partial charge in [-0.3, -0.25) is 9.69 Å². The van der Waals surface area contributed by atoms with Crippen LogP contribution in [0.25, 0.3) is 0 Å². The first-order valence-electron chi connectivity index (χ1n) is 7.94. The number of nitrogens with zero attached hydrogens (tertiary/aromatic N) is 2. The van der Waals surface area contributed by atoms with Crippen molar-refractivity contribution in [2.45, 2.75) is 39.9 Å². The molecule has 2 rings (SSSR count). The van der Waals surface area contributed by atoms with Gasteiger partial charge in [-0.2, -0.15) is 0 Å². The van der Waals surface area contributed by atoms with Gasteiger partial charge in [-0.05, 0) is 25.5 Å². The maximum absolute atomic E-state index is 12.1. The van der Waals surface area contributed by atoms with Crippen molar-refractivity contribution in [1.29, 1.82) is 0 Å². The fourth-order valence-electron chi connectivity index (χ4n) is 2.16. The lowest BCUT2D eigenvalue weighted by Gasteiger charge is -2.16. The zero-order valence-electron chi connectivity index (χ0n) is 14.2. The van der Waals surface area contributed by atoms with Crippen molar-refractivity contribution in [3.05, 3.63) is 53.4 Å². The minimum atomic E-state index is -0.188. The Kier molecular flexibility index (Phi) is 5.93. The van der Waals surface area contributed by atoms with Gasteiger partial charge in [-0.1, -0.05) is 49.3 Å². The van der Waals surface area contributed by atoms with Crippen LogP contribution in [0.1, 0.15) is 42.6 Å². The average molecular weight is 315 g/mol. The number of rotatable bonds is 7. The first kappa shape index (κ1) is 17.2. The lowest BCUT2D eigenvalue weighted by atomic mass is 10.1. The third-order valence-electron chi connectivity index (χ3n) is 3.87. The third-order valence-corrected chi connectivity index (χ3v) is 3.87. The highest BCUT2D eigenvalue weighted by Gasteiger charge is 2.17. The summed E-state index contributed by atoms with van der Waals surface area (Å²) < 4.78 is 5.28. The van der Waals surface area contributed by atoms with Crippen LogP contribution < -0.4 is 5.32 Å². The molecule has 1 heterocycles. The summed E-state index contributed by atoms with van der Waals surface area (Å²) in [5, 5.41) is 6.80. The number of hydrogen-bond donors (Lipinski definition) is 1. The summed E-state index contributed by atoms with van der Waals surface area (Å²) in [5.74, 6) is 0.875. The van der Waals surface area contributed by atoms with Crippen molar-refractivity contribution < 1.29 is 9.32 Å². The van der Waals surface area contributed by atoms with Crippen LogP contribution in [0.3, 0.4) is 0 Å². The zero-order valence-corrected chi connectivity index (χ0v) is 14.2. The fourth-order valence-corrected chi connectivity index (χ4v) is 2.16. The molecule has 124 valence electrons. The van der Waals surface area contributed by atoms with E-state index in [0.717, 1.165) is 6.54 Å². The second kappa shape index (κ2) is 7.92. The average Bonchev–Trinajstić information content (AvgIpc) is 2.96. The molecule has 1 atom stereocenters. The maximum Gasteiger partial charge on any atom is 0.273 e. The molecule has 0 aliphatic carbocycles. The first-order chi connectivity index (χ1) is 11.0. The zero-order chi connectivity index (χ0) is 16.8. The van der Waals surface area contributed by atoms with E-state index in [1.165, 1.54) is 5.56 Å². The van der Waals surface area contributed by atoms with Gasteiger partial charge in [0.1, 0.15) is 0 Å². The Morgan fingerprint density at radius 1 is 1.22 bits per heavy atom. The number of carbonyl (C=O) groups is 1. The number of amides is 1. The fraction of sp³-hybridized carbons (Fsp3) is 0.444. The van der Waals surface area contributed by atoms with Gasteiger partial charge in [0, 0.05) is 18.7 Å². The topological polar surface area (TPSA) is 58.4 Å². The monoisotopic (exact) mass is 315 g/mol. The van der Waals surface area contributed by atoms with Gasteiger partial charge in [0.05, 0.1) is 6.54 Å². The lowest BCUT2D eigenvalue weighted by Crippen LogP contribution is -2.36. The summed E-state index contributed by atoms with van der Waals surface area (Å²) in [4.78, 5) is 14.2. The van der Waals surface area contributed by atoms with E-state index in [-0.39, 0.29) is 11.9 Å². The quantitative estimate of drug-likeness (QED) is 0.853. The number of nitrogens with one attached hydrogen (secondary N) is 1. The van der Waals surface area contributed by atoms with E-state index in [1.54, 1.807) is 6.07 Å². The predicted molar refractivity (Wildman–Crippen MR) is 89.9 cm³/mol. The van der Waals surface area contributed by atoms with E-state index in [2.05, 4.69) is 41.4 Å². The molecule has 1 aromatic carbocycles. The van der Waals surface area contributed by atoms with Gasteiger partial charge in [-0.25, -0.2) is 0 Å². The SMILES string of the molecule is CC(C)C(C)NC(=O)c1cc(CN(C)Cc2ccccc2)on1. The Labute approximate surface area is 137 Å². The Morgan fingerprint density at radius 3 is 2.57 bits per heavy atom. The van der Waals surface area contributed by atoms with Crippen LogP contribution in [0.2, 0.25) is 0 Å². The molecule has 1 unspecified atom stereocenters. The van der Waals surface area contributed by atoms with Gasteiger partial charge in [0.2, 0.25) is 0 Å². The molecule has 1 aromatic heterocycles. The molecule has 0 radical (unpaired) electrons. The van der Waals surface area contributed by atoms with E-state index in [0.29, 0.717) is 23.9 Å². The number of aromatic nitrogens is 1. The Bertz CT molecular complexity index is 622. The summed E-state index contributed by atoms with van der Waals surface area (Å²) in [6, 6.07) is 12.0. The summed E-state index contributed by atoms with van der Waals surface area (Å²) in [6.07, 6.45) is 0. The van der Waals surface area contributed by atoms with Crippen molar-refractivity contribution >= 4 is 5.91 Å². The second-order valence-corrected chi connectivity index (χ2v) is 6.34. The smallest absolute Gasteiger partial charge is 0.273 e. The molecule has 5 nitrogen and oxygen atoms in total. The van der Waals surface area contributed by atoms with E-state index >= 15 is 0 Å². The van der Waals surface area contributed by atoms with Crippen LogP contribution in [0.15, 0.2) is 40.9 Å². The van der Waals surface area contributed by atoms with Crippen molar-refractivity contribution in [3.8, 4) is 0 Å². The van der Waals surface area contributed by atoms with Crippen molar-refractivity contribution in [2.24, 2.45) is 5.92 Å². The van der Waals surface area contributed by atoms with Gasteiger partial charge in [0.25, 0.3) is 5.91 Å². The molecule has 0 spiro atoms. The predicted octanol–water partition coefficient (Wildman–Crippen LogP) is 3.08. The highest BCUT2D eigenvalue weighted by Crippen LogP contribution is 2.10. The van der Waals surface area contributed by atoms with Crippen LogP contribution in [0.4, 0.5) is 0 Å². The van der Waals surface area contributed by atoms with Crippen molar-refractivity contribution in [2.75, 3.05) is 7.05 Å². The molecule has 0 aliphatic heterocycles. The molecule has 0 saturated heterocycles. The van der Waals surface area contributed by atoms with Crippen LogP contribution in [0, 0.1) is 5.92 Å². The molecule has 0 fully saturated rings. The second-order valence-electron chi connectivity index (χ2n) is 6.34. The maximum atomic E-state index is 12.1. The van der Waals surface area contributed by atoms with Gasteiger partial charge in [0.15, 0.2) is 11.5 Å². The molecule has 0 aliphatic rings. The molecule has 23 heavy (non-hydrogen) atoms. The van der Waals surface area contributed by atoms with E-state index in [1.807, 2.05) is 32.2 Å². The number of benzene rings is 1.